The van der Waals surface area contributed by atoms with Gasteiger partial charge in [0.2, 0.25) is 5.91 Å². The van der Waals surface area contributed by atoms with E-state index < -0.39 is 0 Å². The number of ether oxygens (including phenoxy) is 1. The van der Waals surface area contributed by atoms with Gasteiger partial charge >= 0.3 is 6.03 Å². The molecule has 2 N–H and O–H groups in total. The molecule has 7 nitrogen and oxygen atoms in total. The Morgan fingerprint density at radius 2 is 2.14 bits per heavy atom. The van der Waals surface area contributed by atoms with Crippen molar-refractivity contribution >= 4 is 11.9 Å². The minimum Gasteiger partial charge on any atom is -0.385 e. The smallest absolute Gasteiger partial charge is 0.320 e. The lowest BCUT2D eigenvalue weighted by atomic mass is 10.1. The highest BCUT2D eigenvalue weighted by molar-refractivity contribution is 5.85. The third-order valence-electron chi connectivity index (χ3n) is 4.06. The third kappa shape index (κ3) is 4.57. The van der Waals surface area contributed by atoms with Crippen molar-refractivity contribution in [3.8, 4) is 0 Å². The predicted octanol–water partition coefficient (Wildman–Crippen LogP) is -0.371. The molecule has 0 radical (unpaired) electrons. The van der Waals surface area contributed by atoms with Crippen molar-refractivity contribution in [2.45, 2.75) is 25.3 Å². The Labute approximate surface area is 126 Å². The molecule has 2 saturated heterocycles. The molecule has 7 heteroatoms. The van der Waals surface area contributed by atoms with Crippen LogP contribution in [0.3, 0.4) is 0 Å². The first-order valence-corrected chi connectivity index (χ1v) is 7.74. The molecule has 0 spiro atoms. The van der Waals surface area contributed by atoms with Gasteiger partial charge in [-0.15, -0.1) is 0 Å². The van der Waals surface area contributed by atoms with Gasteiger partial charge in [0.1, 0.15) is 6.54 Å². The number of piperidine rings is 1. The number of hydrogen-bond acceptors (Lipinski definition) is 4. The number of carbonyl (C=O) groups excluding carboxylic acids is 2. The van der Waals surface area contributed by atoms with Crippen LogP contribution in [-0.2, 0) is 9.53 Å². The Hall–Kier alpha value is -1.34. The molecule has 0 aromatic carbocycles. The topological polar surface area (TPSA) is 73.9 Å². The van der Waals surface area contributed by atoms with E-state index in [9.17, 15) is 9.59 Å². The van der Waals surface area contributed by atoms with Crippen LogP contribution in [0.15, 0.2) is 0 Å². The normalized spacial score (nSPS) is 20.1. The summed E-state index contributed by atoms with van der Waals surface area (Å²) in [5.41, 5.74) is 0. The highest BCUT2D eigenvalue weighted by Gasteiger charge is 2.34. The number of nitrogens with one attached hydrogen (secondary N) is 2. The fourth-order valence-corrected chi connectivity index (χ4v) is 2.88. The van der Waals surface area contributed by atoms with E-state index in [0.29, 0.717) is 25.7 Å². The Kier molecular flexibility index (Phi) is 6.25. The highest BCUT2D eigenvalue weighted by atomic mass is 16.5. The number of nitrogens with zero attached hydrogens (tertiary/aromatic N) is 2. The molecular formula is C14H26N4O3. The molecule has 0 bridgehead atoms. The lowest BCUT2D eigenvalue weighted by Gasteiger charge is -2.31. The van der Waals surface area contributed by atoms with Crippen LogP contribution >= 0.6 is 0 Å². The van der Waals surface area contributed by atoms with Crippen LogP contribution in [0.5, 0.6) is 0 Å². The van der Waals surface area contributed by atoms with Gasteiger partial charge in [0.05, 0.1) is 0 Å². The van der Waals surface area contributed by atoms with Gasteiger partial charge < -0.3 is 25.2 Å². The fraction of sp³-hybridized carbons (Fsp3) is 0.857. The van der Waals surface area contributed by atoms with Crippen molar-refractivity contribution in [2.75, 3.05) is 53.0 Å². The van der Waals surface area contributed by atoms with Crippen molar-refractivity contribution in [3.05, 3.63) is 0 Å². The lowest BCUT2D eigenvalue weighted by molar-refractivity contribution is -0.121. The molecule has 2 aliphatic heterocycles. The first kappa shape index (κ1) is 16.0. The number of rotatable bonds is 7. The molecule has 3 amide bonds. The van der Waals surface area contributed by atoms with Crippen LogP contribution in [-0.4, -0.2) is 80.8 Å². The van der Waals surface area contributed by atoms with E-state index in [1.807, 2.05) is 4.90 Å². The number of carbonyl (C=O) groups is 2. The minimum atomic E-state index is -0.0911. The molecule has 0 aliphatic carbocycles. The summed E-state index contributed by atoms with van der Waals surface area (Å²) in [5, 5.41) is 6.12. The molecule has 2 rings (SSSR count). The summed E-state index contributed by atoms with van der Waals surface area (Å²) in [5.74, 6) is -0.0911. The molecule has 2 aliphatic rings. The standard InChI is InChI=1S/C14H26N4O3/c1-21-10-2-5-16-13(19)11-17-8-9-18(14(17)20)12-3-6-15-7-4-12/h12,15H,2-11H2,1H3,(H,16,19). The van der Waals surface area contributed by atoms with Crippen molar-refractivity contribution in [3.63, 3.8) is 0 Å². The highest BCUT2D eigenvalue weighted by Crippen LogP contribution is 2.18. The number of urea groups is 1. The monoisotopic (exact) mass is 298 g/mol. The minimum absolute atomic E-state index is 0.00828. The Bertz CT molecular complexity index is 358. The van der Waals surface area contributed by atoms with Gasteiger partial charge in [0, 0.05) is 39.4 Å². The van der Waals surface area contributed by atoms with Crippen LogP contribution in [0.1, 0.15) is 19.3 Å². The second-order valence-electron chi connectivity index (χ2n) is 5.58. The maximum atomic E-state index is 12.3. The second kappa shape index (κ2) is 8.19. The molecular weight excluding hydrogens is 272 g/mol. The average Bonchev–Trinajstić information content (AvgIpc) is 2.86. The average molecular weight is 298 g/mol. The van der Waals surface area contributed by atoms with E-state index in [1.165, 1.54) is 0 Å². The number of hydrogen-bond donors (Lipinski definition) is 2. The second-order valence-corrected chi connectivity index (χ2v) is 5.58. The van der Waals surface area contributed by atoms with Gasteiger partial charge in [-0.3, -0.25) is 4.79 Å². The quantitative estimate of drug-likeness (QED) is 0.629. The maximum absolute atomic E-state index is 12.3. The zero-order valence-corrected chi connectivity index (χ0v) is 12.8. The van der Waals surface area contributed by atoms with E-state index in [0.717, 1.165) is 38.9 Å². The molecule has 0 aromatic rings. The zero-order valence-electron chi connectivity index (χ0n) is 12.8. The van der Waals surface area contributed by atoms with Crippen LogP contribution in [0.25, 0.3) is 0 Å². The van der Waals surface area contributed by atoms with E-state index in [4.69, 9.17) is 4.74 Å². The molecule has 21 heavy (non-hydrogen) atoms. The van der Waals surface area contributed by atoms with Gasteiger partial charge in [-0.2, -0.15) is 0 Å². The van der Waals surface area contributed by atoms with E-state index in [1.54, 1.807) is 12.0 Å². The summed E-state index contributed by atoms with van der Waals surface area (Å²) in [6.07, 6.45) is 2.79. The molecule has 0 saturated carbocycles. The maximum Gasteiger partial charge on any atom is 0.320 e. The van der Waals surface area contributed by atoms with Crippen LogP contribution in [0.4, 0.5) is 4.79 Å². The Balaban J connectivity index is 1.72. The lowest BCUT2D eigenvalue weighted by Crippen LogP contribution is -2.46. The SMILES string of the molecule is COCCCNC(=O)CN1CCN(C2CCNCC2)C1=O. The first-order chi connectivity index (χ1) is 10.2. The van der Waals surface area contributed by atoms with E-state index in [2.05, 4.69) is 10.6 Å². The first-order valence-electron chi connectivity index (χ1n) is 7.74. The summed E-state index contributed by atoms with van der Waals surface area (Å²) in [6.45, 7) is 4.70. The molecule has 0 atom stereocenters. The third-order valence-corrected chi connectivity index (χ3v) is 4.06. The predicted molar refractivity (Wildman–Crippen MR) is 79.1 cm³/mol. The van der Waals surface area contributed by atoms with Gasteiger partial charge in [-0.1, -0.05) is 0 Å². The van der Waals surface area contributed by atoms with Crippen LogP contribution in [0.2, 0.25) is 0 Å². The molecule has 120 valence electrons. The summed E-state index contributed by atoms with van der Waals surface area (Å²) < 4.78 is 4.93. The van der Waals surface area contributed by atoms with Crippen LogP contribution in [0, 0.1) is 0 Å². The van der Waals surface area contributed by atoms with Gasteiger partial charge in [0.15, 0.2) is 0 Å². The van der Waals surface area contributed by atoms with Crippen molar-refractivity contribution < 1.29 is 14.3 Å². The van der Waals surface area contributed by atoms with Crippen molar-refractivity contribution in [1.82, 2.24) is 20.4 Å². The molecule has 2 fully saturated rings. The van der Waals surface area contributed by atoms with Crippen LogP contribution < -0.4 is 10.6 Å². The summed E-state index contributed by atoms with van der Waals surface area (Å²) in [7, 11) is 1.64. The number of amides is 3. The van der Waals surface area contributed by atoms with Gasteiger partial charge in [0.25, 0.3) is 0 Å². The van der Waals surface area contributed by atoms with Crippen molar-refractivity contribution in [2.24, 2.45) is 0 Å². The van der Waals surface area contributed by atoms with E-state index in [-0.39, 0.29) is 18.5 Å². The summed E-state index contributed by atoms with van der Waals surface area (Å²) in [6, 6.07) is 0.336. The zero-order chi connectivity index (χ0) is 15.1. The van der Waals surface area contributed by atoms with Gasteiger partial charge in [-0.25, -0.2) is 4.79 Å². The Morgan fingerprint density at radius 1 is 1.38 bits per heavy atom. The molecule has 2 heterocycles. The van der Waals surface area contributed by atoms with E-state index >= 15 is 0 Å². The van der Waals surface area contributed by atoms with Gasteiger partial charge in [-0.05, 0) is 32.4 Å². The van der Waals surface area contributed by atoms with Crippen molar-refractivity contribution in [1.29, 1.82) is 0 Å². The number of methoxy groups -OCH3 is 1. The largest absolute Gasteiger partial charge is 0.385 e. The summed E-state index contributed by atoms with van der Waals surface area (Å²) >= 11 is 0. The molecule has 0 aromatic heterocycles. The summed E-state index contributed by atoms with van der Waals surface area (Å²) in [4.78, 5) is 27.7. The molecule has 0 unspecified atom stereocenters. The fourth-order valence-electron chi connectivity index (χ4n) is 2.88. The Morgan fingerprint density at radius 3 is 2.86 bits per heavy atom.